The van der Waals surface area contributed by atoms with Crippen molar-refractivity contribution in [1.29, 1.82) is 0 Å². The van der Waals surface area contributed by atoms with Crippen molar-refractivity contribution in [1.82, 2.24) is 10.2 Å². The third-order valence-electron chi connectivity index (χ3n) is 4.42. The zero-order valence-corrected chi connectivity index (χ0v) is 15.3. The second-order valence-corrected chi connectivity index (χ2v) is 9.41. The lowest BCUT2D eigenvalue weighted by molar-refractivity contribution is -0.130. The average molecular weight is 361 g/mol. The first-order valence-corrected chi connectivity index (χ1v) is 9.89. The van der Waals surface area contributed by atoms with Crippen LogP contribution < -0.4 is 10.5 Å². The molecule has 2 fully saturated rings. The van der Waals surface area contributed by atoms with Crippen LogP contribution in [0.25, 0.3) is 0 Å². The van der Waals surface area contributed by atoms with Crippen molar-refractivity contribution in [3.63, 3.8) is 0 Å². The van der Waals surface area contributed by atoms with Crippen molar-refractivity contribution in [3.8, 4) is 0 Å². The van der Waals surface area contributed by atoms with E-state index in [1.165, 1.54) is 0 Å². The molecule has 0 aromatic heterocycles. The number of sulfonamides is 1. The number of alkyl carbamates (subject to hydrolysis) is 1. The number of hydrogen-bond donors (Lipinski definition) is 2. The van der Waals surface area contributed by atoms with Crippen molar-refractivity contribution < 1.29 is 22.7 Å². The highest BCUT2D eigenvalue weighted by Gasteiger charge is 2.43. The van der Waals surface area contributed by atoms with E-state index in [4.69, 9.17) is 9.88 Å². The molecule has 1 aliphatic heterocycles. The number of primary sulfonamides is 1. The summed E-state index contributed by atoms with van der Waals surface area (Å²) in [6.07, 6.45) is 2.72. The Morgan fingerprint density at radius 3 is 2.46 bits per heavy atom. The average Bonchev–Trinajstić information content (AvgIpc) is 2.79. The van der Waals surface area contributed by atoms with Gasteiger partial charge in [0.1, 0.15) is 10.9 Å². The fraction of sp³-hybridized carbons (Fsp3) is 0.867. The van der Waals surface area contributed by atoms with Crippen LogP contribution in [-0.4, -0.2) is 54.8 Å². The van der Waals surface area contributed by atoms with Crippen LogP contribution in [-0.2, 0) is 19.6 Å². The second kappa shape index (κ2) is 6.87. The molecule has 0 spiro atoms. The quantitative estimate of drug-likeness (QED) is 0.767. The number of nitrogens with zero attached hydrogens (tertiary/aromatic N) is 1. The van der Waals surface area contributed by atoms with Gasteiger partial charge in [0.15, 0.2) is 0 Å². The number of nitrogens with two attached hydrogens (primary N) is 1. The molecule has 2 amide bonds. The summed E-state index contributed by atoms with van der Waals surface area (Å²) in [5, 5.41) is 7.16. The lowest BCUT2D eigenvalue weighted by Crippen LogP contribution is -2.54. The molecule has 1 saturated heterocycles. The van der Waals surface area contributed by atoms with Crippen LogP contribution in [0.15, 0.2) is 0 Å². The van der Waals surface area contributed by atoms with Gasteiger partial charge in [-0.3, -0.25) is 4.79 Å². The van der Waals surface area contributed by atoms with Gasteiger partial charge in [0.05, 0.1) is 12.1 Å². The number of amides is 2. The van der Waals surface area contributed by atoms with Gasteiger partial charge in [0, 0.05) is 13.0 Å². The number of ether oxygens (including phenoxy) is 1. The summed E-state index contributed by atoms with van der Waals surface area (Å²) in [4.78, 5) is 25.9. The Kier molecular flexibility index (Phi) is 5.44. The molecule has 1 aliphatic carbocycles. The lowest BCUT2D eigenvalue weighted by atomic mass is 9.89. The predicted octanol–water partition coefficient (Wildman–Crippen LogP) is 0.712. The molecular weight excluding hydrogens is 334 g/mol. The van der Waals surface area contributed by atoms with Crippen LogP contribution in [0.2, 0.25) is 0 Å². The molecular formula is C15H27N3O5S. The molecule has 2 aliphatic rings. The molecule has 1 heterocycles. The Morgan fingerprint density at radius 2 is 1.92 bits per heavy atom. The lowest BCUT2D eigenvalue weighted by Gasteiger charge is -2.38. The summed E-state index contributed by atoms with van der Waals surface area (Å²) >= 11 is 0. The number of carbonyl (C=O) groups is 2. The van der Waals surface area contributed by atoms with Crippen molar-refractivity contribution in [3.05, 3.63) is 0 Å². The summed E-state index contributed by atoms with van der Waals surface area (Å²) < 4.78 is 28.3. The van der Waals surface area contributed by atoms with Crippen molar-refractivity contribution in [2.75, 3.05) is 6.54 Å². The molecule has 0 radical (unpaired) electrons. The second-order valence-electron chi connectivity index (χ2n) is 7.57. The van der Waals surface area contributed by atoms with Crippen molar-refractivity contribution in [2.24, 2.45) is 5.14 Å². The minimum atomic E-state index is -3.75. The molecule has 9 heteroatoms. The fourth-order valence-electron chi connectivity index (χ4n) is 3.35. The summed E-state index contributed by atoms with van der Waals surface area (Å²) in [6.45, 7) is 5.44. The molecule has 3 N–H and O–H groups in total. The fourth-order valence-corrected chi connectivity index (χ4v) is 4.09. The summed E-state index contributed by atoms with van der Waals surface area (Å²) in [5.74, 6) is -0.225. The molecule has 138 valence electrons. The van der Waals surface area contributed by atoms with E-state index < -0.39 is 27.0 Å². The Bertz CT molecular complexity index is 599. The highest BCUT2D eigenvalue weighted by molar-refractivity contribution is 7.89. The van der Waals surface area contributed by atoms with E-state index in [1.807, 2.05) is 0 Å². The smallest absolute Gasteiger partial charge is 0.407 e. The highest BCUT2D eigenvalue weighted by atomic mass is 32.2. The number of carbonyl (C=O) groups excluding carboxylic acids is 2. The summed E-state index contributed by atoms with van der Waals surface area (Å²) in [7, 11) is -3.75. The maximum absolute atomic E-state index is 12.3. The zero-order valence-electron chi connectivity index (χ0n) is 14.4. The Balaban J connectivity index is 2.07. The van der Waals surface area contributed by atoms with Gasteiger partial charge >= 0.3 is 6.09 Å². The van der Waals surface area contributed by atoms with Gasteiger partial charge < -0.3 is 15.0 Å². The van der Waals surface area contributed by atoms with Gasteiger partial charge in [-0.15, -0.1) is 0 Å². The van der Waals surface area contributed by atoms with Crippen LogP contribution in [0, 0.1) is 0 Å². The molecule has 3 unspecified atom stereocenters. The maximum Gasteiger partial charge on any atom is 0.407 e. The third kappa shape index (κ3) is 4.83. The van der Waals surface area contributed by atoms with E-state index in [9.17, 15) is 18.0 Å². The van der Waals surface area contributed by atoms with Crippen LogP contribution in [0.3, 0.4) is 0 Å². The molecule has 0 aromatic rings. The van der Waals surface area contributed by atoms with E-state index in [0.29, 0.717) is 0 Å². The molecule has 0 bridgehead atoms. The van der Waals surface area contributed by atoms with Gasteiger partial charge in [-0.2, -0.15) is 0 Å². The molecule has 3 atom stereocenters. The van der Waals surface area contributed by atoms with E-state index in [2.05, 4.69) is 5.32 Å². The minimum Gasteiger partial charge on any atom is -0.444 e. The third-order valence-corrected chi connectivity index (χ3v) is 5.66. The van der Waals surface area contributed by atoms with Gasteiger partial charge in [0.2, 0.25) is 15.9 Å². The largest absolute Gasteiger partial charge is 0.444 e. The van der Waals surface area contributed by atoms with E-state index in [1.54, 1.807) is 25.7 Å². The Labute approximate surface area is 143 Å². The first-order valence-electron chi connectivity index (χ1n) is 8.28. The van der Waals surface area contributed by atoms with E-state index in [-0.39, 0.29) is 31.0 Å². The van der Waals surface area contributed by atoms with E-state index in [0.717, 1.165) is 25.7 Å². The predicted molar refractivity (Wildman–Crippen MR) is 88.6 cm³/mol. The summed E-state index contributed by atoms with van der Waals surface area (Å²) in [5.41, 5.74) is -0.601. The molecule has 2 rings (SSSR count). The van der Waals surface area contributed by atoms with Crippen LogP contribution in [0.5, 0.6) is 0 Å². The standard InChI is InChI=1S/C15H27N3O5S/c1-15(2,3)23-14(20)17-11-6-4-5-7-12(11)18-9-10(8-13(18)19)24(16,21)22/h10-12H,4-9H2,1-3H3,(H,17,20)(H2,16,21,22). The molecule has 1 saturated carbocycles. The highest BCUT2D eigenvalue weighted by Crippen LogP contribution is 2.28. The molecule has 24 heavy (non-hydrogen) atoms. The zero-order chi connectivity index (χ0) is 18.1. The van der Waals surface area contributed by atoms with E-state index >= 15 is 0 Å². The normalized spacial score (nSPS) is 28.8. The first-order chi connectivity index (χ1) is 11.0. The van der Waals surface area contributed by atoms with Crippen LogP contribution in [0.1, 0.15) is 52.9 Å². The Hall–Kier alpha value is -1.35. The number of likely N-dealkylation sites (tertiary alicyclic amines) is 1. The van der Waals surface area contributed by atoms with Gasteiger partial charge in [-0.25, -0.2) is 18.4 Å². The molecule has 0 aromatic carbocycles. The molecule has 8 nitrogen and oxygen atoms in total. The number of hydrogen-bond acceptors (Lipinski definition) is 5. The van der Waals surface area contributed by atoms with Crippen LogP contribution >= 0.6 is 0 Å². The monoisotopic (exact) mass is 361 g/mol. The van der Waals surface area contributed by atoms with Crippen molar-refractivity contribution >= 4 is 22.0 Å². The van der Waals surface area contributed by atoms with Gasteiger partial charge in [-0.05, 0) is 33.6 Å². The van der Waals surface area contributed by atoms with Crippen LogP contribution in [0.4, 0.5) is 4.79 Å². The first kappa shape index (κ1) is 19.0. The Morgan fingerprint density at radius 1 is 1.29 bits per heavy atom. The SMILES string of the molecule is CC(C)(C)OC(=O)NC1CCCCC1N1CC(S(N)(=O)=O)CC1=O. The van der Waals surface area contributed by atoms with Crippen molar-refractivity contribution in [2.45, 2.75) is 75.8 Å². The maximum atomic E-state index is 12.3. The number of nitrogens with one attached hydrogen (secondary N) is 1. The summed E-state index contributed by atoms with van der Waals surface area (Å²) in [6, 6.07) is -0.456. The minimum absolute atomic E-state index is 0.0888. The van der Waals surface area contributed by atoms with Gasteiger partial charge in [-0.1, -0.05) is 12.8 Å². The topological polar surface area (TPSA) is 119 Å². The van der Waals surface area contributed by atoms with Gasteiger partial charge in [0.25, 0.3) is 0 Å². The number of rotatable bonds is 3.